The predicted octanol–water partition coefficient (Wildman–Crippen LogP) is 5.01. The summed E-state index contributed by atoms with van der Waals surface area (Å²) in [6, 6.07) is 0. The number of hydrogen-bond acceptors (Lipinski definition) is 1. The molecule has 0 aromatic rings. The highest BCUT2D eigenvalue weighted by molar-refractivity contribution is 5.44. The molecule has 1 N–H and O–H groups in total. The Kier molecular flexibility index (Phi) is 3.33. The first-order valence-corrected chi connectivity index (χ1v) is 9.23. The van der Waals surface area contributed by atoms with Gasteiger partial charge in [-0.3, -0.25) is 0 Å². The molecule has 1 nitrogen and oxygen atoms in total. The molecule has 5 atom stereocenters. The Morgan fingerprint density at radius 1 is 1.19 bits per heavy atom. The van der Waals surface area contributed by atoms with Gasteiger partial charge in [-0.1, -0.05) is 31.9 Å². The number of fused-ring (bicyclic) bond motifs is 4. The van der Waals surface area contributed by atoms with Crippen LogP contribution in [0.3, 0.4) is 0 Å². The minimum atomic E-state index is -0.0642. The lowest BCUT2D eigenvalue weighted by atomic mass is 9.57. The molecule has 0 saturated heterocycles. The van der Waals surface area contributed by atoms with Crippen LogP contribution >= 0.6 is 0 Å². The van der Waals surface area contributed by atoms with E-state index in [4.69, 9.17) is 0 Å². The standard InChI is InChI=1S/C20H30O/c1-3-14-5-9-19-18-7-4-13-12-15(21)6-8-16(13)17(18)10-11-20(14,19)2/h10,14-15,18-19,21H,3-9,11-12H2,1-2H3/t14-,15?,18+,19-,20+/m0/s1. The van der Waals surface area contributed by atoms with Gasteiger partial charge in [-0.2, -0.15) is 0 Å². The van der Waals surface area contributed by atoms with Crippen molar-refractivity contribution in [3.63, 3.8) is 0 Å². The highest BCUT2D eigenvalue weighted by atomic mass is 16.3. The van der Waals surface area contributed by atoms with E-state index in [1.807, 2.05) is 0 Å². The van der Waals surface area contributed by atoms with Crippen molar-refractivity contribution >= 4 is 0 Å². The topological polar surface area (TPSA) is 20.2 Å². The molecular weight excluding hydrogens is 256 g/mol. The van der Waals surface area contributed by atoms with Crippen molar-refractivity contribution in [2.24, 2.45) is 23.2 Å². The second kappa shape index (κ2) is 4.98. The molecule has 21 heavy (non-hydrogen) atoms. The number of allylic oxidation sites excluding steroid dienone is 3. The highest BCUT2D eigenvalue weighted by Gasteiger charge is 2.51. The van der Waals surface area contributed by atoms with Crippen molar-refractivity contribution in [1.29, 1.82) is 0 Å². The van der Waals surface area contributed by atoms with E-state index in [1.54, 1.807) is 16.7 Å². The molecule has 0 amide bonds. The second-order valence-electron chi connectivity index (χ2n) is 8.28. The molecule has 116 valence electrons. The average Bonchev–Trinajstić information content (AvgIpc) is 2.83. The zero-order chi connectivity index (χ0) is 14.6. The first-order chi connectivity index (χ1) is 10.1. The predicted molar refractivity (Wildman–Crippen MR) is 86.9 cm³/mol. The summed E-state index contributed by atoms with van der Waals surface area (Å²) in [6.45, 7) is 4.97. The minimum Gasteiger partial charge on any atom is -0.393 e. The van der Waals surface area contributed by atoms with E-state index < -0.39 is 0 Å². The molecule has 0 bridgehead atoms. The molecule has 0 aromatic carbocycles. The van der Waals surface area contributed by atoms with Gasteiger partial charge in [0.25, 0.3) is 0 Å². The van der Waals surface area contributed by atoms with Crippen LogP contribution in [-0.4, -0.2) is 11.2 Å². The molecule has 1 unspecified atom stereocenters. The molecule has 1 fully saturated rings. The van der Waals surface area contributed by atoms with Crippen LogP contribution in [0.25, 0.3) is 0 Å². The zero-order valence-electron chi connectivity index (χ0n) is 13.7. The van der Waals surface area contributed by atoms with Crippen molar-refractivity contribution < 1.29 is 5.11 Å². The third-order valence-electron chi connectivity index (χ3n) is 7.49. The van der Waals surface area contributed by atoms with Gasteiger partial charge in [0.1, 0.15) is 0 Å². The maximum atomic E-state index is 9.95. The maximum absolute atomic E-state index is 9.95. The summed E-state index contributed by atoms with van der Waals surface area (Å²) in [5.41, 5.74) is 5.58. The summed E-state index contributed by atoms with van der Waals surface area (Å²) >= 11 is 0. The van der Waals surface area contributed by atoms with Crippen LogP contribution < -0.4 is 0 Å². The Morgan fingerprint density at radius 2 is 2.05 bits per heavy atom. The van der Waals surface area contributed by atoms with Crippen molar-refractivity contribution in [3.8, 4) is 0 Å². The third kappa shape index (κ3) is 2.00. The first-order valence-electron chi connectivity index (χ1n) is 9.23. The quantitative estimate of drug-likeness (QED) is 0.718. The molecule has 1 saturated carbocycles. The van der Waals surface area contributed by atoms with E-state index in [-0.39, 0.29) is 6.10 Å². The maximum Gasteiger partial charge on any atom is 0.0580 e. The average molecular weight is 286 g/mol. The van der Waals surface area contributed by atoms with E-state index in [0.29, 0.717) is 5.41 Å². The van der Waals surface area contributed by atoms with Gasteiger partial charge in [0.15, 0.2) is 0 Å². The SMILES string of the molecule is CC[C@H]1CC[C@H]2[C@@H]3CCC4=C(CCC(O)C4)C3=CC[C@]12C. The summed E-state index contributed by atoms with van der Waals surface area (Å²) in [5, 5.41) is 9.95. The summed E-state index contributed by atoms with van der Waals surface area (Å²) in [5.74, 6) is 2.72. The molecule has 4 aliphatic carbocycles. The van der Waals surface area contributed by atoms with Crippen LogP contribution in [0.1, 0.15) is 71.6 Å². The van der Waals surface area contributed by atoms with Gasteiger partial charge in [0.2, 0.25) is 0 Å². The lowest BCUT2D eigenvalue weighted by Gasteiger charge is -2.48. The van der Waals surface area contributed by atoms with E-state index in [2.05, 4.69) is 19.9 Å². The Hall–Kier alpha value is -0.560. The van der Waals surface area contributed by atoms with Crippen molar-refractivity contribution in [2.75, 3.05) is 0 Å². The van der Waals surface area contributed by atoms with Gasteiger partial charge in [-0.15, -0.1) is 0 Å². The Labute approximate surface area is 129 Å². The Balaban J connectivity index is 1.69. The number of rotatable bonds is 1. The summed E-state index contributed by atoms with van der Waals surface area (Å²) in [4.78, 5) is 0. The molecule has 0 spiro atoms. The van der Waals surface area contributed by atoms with Gasteiger partial charge in [-0.05, 0) is 85.7 Å². The molecule has 0 aromatic heterocycles. The van der Waals surface area contributed by atoms with Crippen LogP contribution in [0.5, 0.6) is 0 Å². The monoisotopic (exact) mass is 286 g/mol. The van der Waals surface area contributed by atoms with Crippen molar-refractivity contribution in [2.45, 2.75) is 77.7 Å². The first kappa shape index (κ1) is 14.1. The molecule has 0 radical (unpaired) electrons. The lowest BCUT2D eigenvalue weighted by Crippen LogP contribution is -2.39. The summed E-state index contributed by atoms with van der Waals surface area (Å²) in [7, 11) is 0. The second-order valence-corrected chi connectivity index (χ2v) is 8.28. The van der Waals surface area contributed by atoms with E-state index >= 15 is 0 Å². The minimum absolute atomic E-state index is 0.0642. The van der Waals surface area contributed by atoms with Gasteiger partial charge < -0.3 is 5.11 Å². The van der Waals surface area contributed by atoms with Crippen LogP contribution in [0.15, 0.2) is 22.8 Å². The Morgan fingerprint density at radius 3 is 2.86 bits per heavy atom. The van der Waals surface area contributed by atoms with E-state index in [1.165, 1.54) is 38.5 Å². The fourth-order valence-electron chi connectivity index (χ4n) is 6.32. The lowest BCUT2D eigenvalue weighted by molar-refractivity contribution is 0.0994. The van der Waals surface area contributed by atoms with Gasteiger partial charge in [0, 0.05) is 0 Å². The van der Waals surface area contributed by atoms with Gasteiger partial charge in [-0.25, -0.2) is 0 Å². The largest absolute Gasteiger partial charge is 0.393 e. The summed E-state index contributed by atoms with van der Waals surface area (Å²) < 4.78 is 0. The van der Waals surface area contributed by atoms with Crippen LogP contribution in [0.4, 0.5) is 0 Å². The highest BCUT2D eigenvalue weighted by Crippen LogP contribution is 2.61. The van der Waals surface area contributed by atoms with E-state index in [0.717, 1.165) is 37.0 Å². The molecule has 0 aliphatic heterocycles. The zero-order valence-corrected chi connectivity index (χ0v) is 13.7. The third-order valence-corrected chi connectivity index (χ3v) is 7.49. The molecule has 4 rings (SSSR count). The molecule has 0 heterocycles. The van der Waals surface area contributed by atoms with E-state index in [9.17, 15) is 5.11 Å². The number of aliphatic hydroxyl groups excluding tert-OH is 1. The molecular formula is C20H30O. The van der Waals surface area contributed by atoms with Gasteiger partial charge >= 0.3 is 0 Å². The van der Waals surface area contributed by atoms with Gasteiger partial charge in [0.05, 0.1) is 6.10 Å². The fraction of sp³-hybridized carbons (Fsp3) is 0.800. The fourth-order valence-corrected chi connectivity index (χ4v) is 6.32. The van der Waals surface area contributed by atoms with Crippen molar-refractivity contribution in [1.82, 2.24) is 0 Å². The number of hydrogen-bond donors (Lipinski definition) is 1. The van der Waals surface area contributed by atoms with Crippen molar-refractivity contribution in [3.05, 3.63) is 22.8 Å². The van der Waals surface area contributed by atoms with Crippen LogP contribution in [-0.2, 0) is 0 Å². The normalized spacial score (nSPS) is 45.8. The number of aliphatic hydroxyl groups is 1. The molecule has 1 heteroatoms. The Bertz CT molecular complexity index is 500. The smallest absolute Gasteiger partial charge is 0.0580 e. The molecule has 4 aliphatic rings. The van der Waals surface area contributed by atoms with Crippen LogP contribution in [0.2, 0.25) is 0 Å². The van der Waals surface area contributed by atoms with Crippen LogP contribution in [0, 0.1) is 23.2 Å². The summed E-state index contributed by atoms with van der Waals surface area (Å²) in [6.07, 6.45) is 13.9.